The highest BCUT2D eigenvalue weighted by atomic mass is 32.1. The minimum absolute atomic E-state index is 0.0870. The Bertz CT molecular complexity index is 664. The van der Waals surface area contributed by atoms with E-state index in [1.165, 1.54) is 5.56 Å². The molecule has 18 heavy (non-hydrogen) atoms. The van der Waals surface area contributed by atoms with Gasteiger partial charge in [-0.25, -0.2) is 0 Å². The van der Waals surface area contributed by atoms with Crippen molar-refractivity contribution in [3.63, 3.8) is 0 Å². The fourth-order valence-corrected chi connectivity index (χ4v) is 2.91. The summed E-state index contributed by atoms with van der Waals surface area (Å²) in [5, 5.41) is 0. The van der Waals surface area contributed by atoms with Crippen LogP contribution in [-0.2, 0) is 11.3 Å². The third-order valence-electron chi connectivity index (χ3n) is 2.67. The number of aryl methyl sites for hydroxylation is 1. The van der Waals surface area contributed by atoms with E-state index in [1.807, 2.05) is 17.6 Å². The van der Waals surface area contributed by atoms with Gasteiger partial charge >= 0.3 is 0 Å². The van der Waals surface area contributed by atoms with Crippen LogP contribution >= 0.6 is 11.3 Å². The van der Waals surface area contributed by atoms with E-state index in [1.54, 1.807) is 11.3 Å². The first-order valence-corrected chi connectivity index (χ1v) is 6.75. The summed E-state index contributed by atoms with van der Waals surface area (Å²) in [6, 6.07) is 6.26. The maximum atomic E-state index is 11.5. The Balaban J connectivity index is 2.71. The number of hydrogen-bond acceptors (Lipinski definition) is 2. The quantitative estimate of drug-likeness (QED) is 0.781. The number of carbonyl (C=O) groups is 1. The van der Waals surface area contributed by atoms with E-state index in [2.05, 4.69) is 36.7 Å². The fraction of sp³-hybridized carbons (Fsp3) is 0.286. The van der Waals surface area contributed by atoms with Crippen molar-refractivity contribution in [1.82, 2.24) is 4.57 Å². The highest BCUT2D eigenvalue weighted by Crippen LogP contribution is 2.18. The van der Waals surface area contributed by atoms with E-state index in [0.717, 1.165) is 15.0 Å². The number of thiazole rings is 1. The Hall–Kier alpha value is -1.68. The van der Waals surface area contributed by atoms with Gasteiger partial charge in [0.15, 0.2) is 4.80 Å². The second kappa shape index (κ2) is 5.31. The summed E-state index contributed by atoms with van der Waals surface area (Å²) in [4.78, 5) is 16.4. The predicted molar refractivity (Wildman–Crippen MR) is 75.6 cm³/mol. The molecule has 0 spiro atoms. The number of rotatable bonds is 3. The molecule has 2 rings (SSSR count). The van der Waals surface area contributed by atoms with Gasteiger partial charge in [-0.2, -0.15) is 4.99 Å². The highest BCUT2D eigenvalue weighted by Gasteiger charge is 2.06. The van der Waals surface area contributed by atoms with Crippen LogP contribution in [0.1, 0.15) is 18.9 Å². The number of amides is 1. The van der Waals surface area contributed by atoms with Crippen LogP contribution in [0.25, 0.3) is 10.2 Å². The lowest BCUT2D eigenvalue weighted by Gasteiger charge is -2.00. The summed E-state index contributed by atoms with van der Waals surface area (Å²) in [5.74, 6) is -0.0870. The Kier molecular flexibility index (Phi) is 3.77. The van der Waals surface area contributed by atoms with Gasteiger partial charge in [0.2, 0.25) is 5.91 Å². The topological polar surface area (TPSA) is 34.4 Å². The molecule has 0 aliphatic carbocycles. The Morgan fingerprint density at radius 2 is 2.33 bits per heavy atom. The van der Waals surface area contributed by atoms with E-state index < -0.39 is 0 Å². The van der Waals surface area contributed by atoms with Crippen LogP contribution in [-0.4, -0.2) is 10.5 Å². The van der Waals surface area contributed by atoms with Crippen molar-refractivity contribution in [2.45, 2.75) is 26.8 Å². The van der Waals surface area contributed by atoms with Crippen molar-refractivity contribution in [2.75, 3.05) is 0 Å². The molecule has 94 valence electrons. The molecular weight excluding hydrogens is 244 g/mol. The molecule has 0 radical (unpaired) electrons. The lowest BCUT2D eigenvalue weighted by molar-refractivity contribution is -0.117. The van der Waals surface area contributed by atoms with Gasteiger partial charge in [0.05, 0.1) is 10.2 Å². The zero-order valence-corrected chi connectivity index (χ0v) is 11.5. The number of allylic oxidation sites excluding steroid dienone is 1. The minimum Gasteiger partial charge on any atom is -0.313 e. The molecule has 0 N–H and O–H groups in total. The van der Waals surface area contributed by atoms with Crippen LogP contribution in [0.4, 0.5) is 0 Å². The molecule has 2 aromatic rings. The molecule has 4 heteroatoms. The SMILES string of the molecule is C=CCn1c(=NC(=O)CC)sc2cc(C)ccc21. The van der Waals surface area contributed by atoms with Gasteiger partial charge in [-0.05, 0) is 24.6 Å². The van der Waals surface area contributed by atoms with Crippen LogP contribution in [0.5, 0.6) is 0 Å². The van der Waals surface area contributed by atoms with E-state index in [9.17, 15) is 4.79 Å². The summed E-state index contributed by atoms with van der Waals surface area (Å²) in [7, 11) is 0. The summed E-state index contributed by atoms with van der Waals surface area (Å²) < 4.78 is 3.18. The summed E-state index contributed by atoms with van der Waals surface area (Å²) in [6.07, 6.45) is 2.25. The number of fused-ring (bicyclic) bond motifs is 1. The zero-order valence-electron chi connectivity index (χ0n) is 10.6. The molecule has 0 aliphatic rings. The first-order chi connectivity index (χ1) is 8.65. The third kappa shape index (κ3) is 2.43. The standard InChI is InChI=1S/C14H16N2OS/c1-4-8-16-11-7-6-10(3)9-12(11)18-14(16)15-13(17)5-2/h4,6-7,9H,1,5,8H2,2-3H3. The van der Waals surface area contributed by atoms with Crippen LogP contribution in [0.15, 0.2) is 35.8 Å². The van der Waals surface area contributed by atoms with Gasteiger partial charge in [-0.3, -0.25) is 4.79 Å². The molecule has 1 heterocycles. The van der Waals surface area contributed by atoms with Crippen molar-refractivity contribution < 1.29 is 4.79 Å². The maximum absolute atomic E-state index is 11.5. The van der Waals surface area contributed by atoms with Gasteiger partial charge in [-0.15, -0.1) is 6.58 Å². The second-order valence-electron chi connectivity index (χ2n) is 4.11. The van der Waals surface area contributed by atoms with Crippen molar-refractivity contribution >= 4 is 27.5 Å². The number of nitrogens with zero attached hydrogens (tertiary/aromatic N) is 2. The summed E-state index contributed by atoms with van der Waals surface area (Å²) in [6.45, 7) is 8.30. The molecule has 1 amide bonds. The van der Waals surface area contributed by atoms with Gasteiger partial charge in [-0.1, -0.05) is 30.4 Å². The summed E-state index contributed by atoms with van der Waals surface area (Å²) in [5.41, 5.74) is 2.32. The van der Waals surface area contributed by atoms with Crippen LogP contribution < -0.4 is 4.80 Å². The van der Waals surface area contributed by atoms with Crippen molar-refractivity contribution in [1.29, 1.82) is 0 Å². The van der Waals surface area contributed by atoms with Crippen LogP contribution in [0, 0.1) is 6.92 Å². The molecular formula is C14H16N2OS. The van der Waals surface area contributed by atoms with Gasteiger partial charge < -0.3 is 4.57 Å². The molecule has 0 aliphatic heterocycles. The molecule has 0 saturated carbocycles. The highest BCUT2D eigenvalue weighted by molar-refractivity contribution is 7.16. The van der Waals surface area contributed by atoms with Gasteiger partial charge in [0.25, 0.3) is 0 Å². The fourth-order valence-electron chi connectivity index (χ4n) is 1.76. The first-order valence-electron chi connectivity index (χ1n) is 5.94. The molecule has 0 fully saturated rings. The van der Waals surface area contributed by atoms with E-state index in [-0.39, 0.29) is 5.91 Å². The lowest BCUT2D eigenvalue weighted by Crippen LogP contribution is -2.15. The van der Waals surface area contributed by atoms with Gasteiger partial charge in [0.1, 0.15) is 0 Å². The van der Waals surface area contributed by atoms with E-state index >= 15 is 0 Å². The van der Waals surface area contributed by atoms with Crippen LogP contribution in [0.2, 0.25) is 0 Å². The summed E-state index contributed by atoms with van der Waals surface area (Å²) >= 11 is 1.55. The van der Waals surface area contributed by atoms with Gasteiger partial charge in [0, 0.05) is 13.0 Å². The minimum atomic E-state index is -0.0870. The molecule has 3 nitrogen and oxygen atoms in total. The monoisotopic (exact) mass is 260 g/mol. The molecule has 1 aromatic heterocycles. The number of carbonyl (C=O) groups excluding carboxylic acids is 1. The van der Waals surface area contributed by atoms with Crippen LogP contribution in [0.3, 0.4) is 0 Å². The predicted octanol–water partition coefficient (Wildman–Crippen LogP) is 3.03. The normalized spacial score (nSPS) is 12.0. The maximum Gasteiger partial charge on any atom is 0.248 e. The largest absolute Gasteiger partial charge is 0.313 e. The second-order valence-corrected chi connectivity index (χ2v) is 5.12. The smallest absolute Gasteiger partial charge is 0.248 e. The molecule has 1 aromatic carbocycles. The average Bonchev–Trinajstić information content (AvgIpc) is 2.67. The van der Waals surface area contributed by atoms with Crippen molar-refractivity contribution in [3.05, 3.63) is 41.2 Å². The number of benzene rings is 1. The lowest BCUT2D eigenvalue weighted by atomic mass is 10.2. The first kappa shape index (κ1) is 12.8. The van der Waals surface area contributed by atoms with Crippen molar-refractivity contribution in [2.24, 2.45) is 4.99 Å². The zero-order chi connectivity index (χ0) is 13.1. The Morgan fingerprint density at radius 1 is 1.56 bits per heavy atom. The molecule has 0 unspecified atom stereocenters. The number of aromatic nitrogens is 1. The molecule has 0 atom stereocenters. The Labute approximate surface area is 110 Å². The molecule has 0 saturated heterocycles. The van der Waals surface area contributed by atoms with Crippen molar-refractivity contribution in [3.8, 4) is 0 Å². The average molecular weight is 260 g/mol. The van der Waals surface area contributed by atoms with E-state index in [4.69, 9.17) is 0 Å². The Morgan fingerprint density at radius 3 is 3.00 bits per heavy atom. The third-order valence-corrected chi connectivity index (χ3v) is 3.71. The molecule has 0 bridgehead atoms. The van der Waals surface area contributed by atoms with E-state index in [0.29, 0.717) is 13.0 Å². The number of hydrogen-bond donors (Lipinski definition) is 0.